The van der Waals surface area contributed by atoms with Crippen LogP contribution in [0.5, 0.6) is 0 Å². The number of carbonyl (C=O) groups excluding carboxylic acids is 1. The smallest absolute Gasteiger partial charge is 0.225 e. The van der Waals surface area contributed by atoms with E-state index in [1.54, 1.807) is 0 Å². The molecule has 1 atom stereocenters. The van der Waals surface area contributed by atoms with Gasteiger partial charge in [0.15, 0.2) is 0 Å². The molecule has 0 aromatic rings. The van der Waals surface area contributed by atoms with Crippen molar-refractivity contribution in [3.63, 3.8) is 0 Å². The van der Waals surface area contributed by atoms with Gasteiger partial charge in [0.1, 0.15) is 0 Å². The number of amides is 1. The van der Waals surface area contributed by atoms with Crippen LogP contribution in [-0.4, -0.2) is 23.4 Å². The maximum absolute atomic E-state index is 12.1. The molecule has 0 spiro atoms. The first-order valence-corrected chi connectivity index (χ1v) is 6.24. The Morgan fingerprint density at radius 2 is 1.73 bits per heavy atom. The van der Waals surface area contributed by atoms with Crippen molar-refractivity contribution < 1.29 is 4.79 Å². The van der Waals surface area contributed by atoms with Gasteiger partial charge in [-0.1, -0.05) is 27.7 Å². The SMILES string of the molecule is CC(C)C(=O)N(CC1CC1)[C@@H](C)C(C)C. The first kappa shape index (κ1) is 12.5. The zero-order valence-corrected chi connectivity index (χ0v) is 10.8. The quantitative estimate of drug-likeness (QED) is 0.684. The third-order valence-corrected chi connectivity index (χ3v) is 3.39. The molecule has 1 aliphatic carbocycles. The highest BCUT2D eigenvalue weighted by Crippen LogP contribution is 2.31. The minimum Gasteiger partial charge on any atom is -0.339 e. The van der Waals surface area contributed by atoms with Gasteiger partial charge in [-0.2, -0.15) is 0 Å². The molecule has 15 heavy (non-hydrogen) atoms. The zero-order chi connectivity index (χ0) is 11.6. The van der Waals surface area contributed by atoms with Gasteiger partial charge in [0.2, 0.25) is 5.91 Å². The average molecular weight is 211 g/mol. The Labute approximate surface area is 94.0 Å². The lowest BCUT2D eigenvalue weighted by Crippen LogP contribution is -2.44. The third kappa shape index (κ3) is 3.51. The second-order valence-corrected chi connectivity index (χ2v) is 5.57. The number of hydrogen-bond acceptors (Lipinski definition) is 1. The van der Waals surface area contributed by atoms with Crippen molar-refractivity contribution in [3.8, 4) is 0 Å². The summed E-state index contributed by atoms with van der Waals surface area (Å²) in [4.78, 5) is 14.2. The summed E-state index contributed by atoms with van der Waals surface area (Å²) < 4.78 is 0. The lowest BCUT2D eigenvalue weighted by atomic mass is 10.0. The van der Waals surface area contributed by atoms with Crippen molar-refractivity contribution >= 4 is 5.91 Å². The summed E-state index contributed by atoms with van der Waals surface area (Å²) in [6.45, 7) is 11.5. The molecule has 0 aliphatic heterocycles. The van der Waals surface area contributed by atoms with Gasteiger partial charge < -0.3 is 4.90 Å². The lowest BCUT2D eigenvalue weighted by Gasteiger charge is -2.33. The van der Waals surface area contributed by atoms with Crippen molar-refractivity contribution in [2.45, 2.75) is 53.5 Å². The van der Waals surface area contributed by atoms with Crippen molar-refractivity contribution in [1.29, 1.82) is 0 Å². The number of rotatable bonds is 5. The molecule has 1 saturated carbocycles. The largest absolute Gasteiger partial charge is 0.339 e. The van der Waals surface area contributed by atoms with E-state index < -0.39 is 0 Å². The molecule has 1 fully saturated rings. The van der Waals surface area contributed by atoms with Crippen LogP contribution in [0.15, 0.2) is 0 Å². The van der Waals surface area contributed by atoms with Crippen molar-refractivity contribution in [3.05, 3.63) is 0 Å². The monoisotopic (exact) mass is 211 g/mol. The summed E-state index contributed by atoms with van der Waals surface area (Å²) >= 11 is 0. The van der Waals surface area contributed by atoms with Crippen LogP contribution in [0, 0.1) is 17.8 Å². The third-order valence-electron chi connectivity index (χ3n) is 3.39. The van der Waals surface area contributed by atoms with Gasteiger partial charge in [0.05, 0.1) is 0 Å². The topological polar surface area (TPSA) is 20.3 Å². The van der Waals surface area contributed by atoms with Gasteiger partial charge in [0, 0.05) is 18.5 Å². The van der Waals surface area contributed by atoms with Gasteiger partial charge in [-0.25, -0.2) is 0 Å². The molecule has 2 heteroatoms. The van der Waals surface area contributed by atoms with E-state index in [0.29, 0.717) is 17.9 Å². The van der Waals surface area contributed by atoms with E-state index in [2.05, 4.69) is 25.7 Å². The Morgan fingerprint density at radius 1 is 1.20 bits per heavy atom. The maximum atomic E-state index is 12.1. The standard InChI is InChI=1S/C13H25NO/c1-9(2)11(5)14(8-12-6-7-12)13(15)10(3)4/h9-12H,6-8H2,1-5H3/t11-/m0/s1. The first-order valence-electron chi connectivity index (χ1n) is 6.24. The highest BCUT2D eigenvalue weighted by molar-refractivity contribution is 5.78. The van der Waals surface area contributed by atoms with Crippen LogP contribution in [0.1, 0.15) is 47.5 Å². The predicted octanol–water partition coefficient (Wildman–Crippen LogP) is 2.93. The molecule has 2 nitrogen and oxygen atoms in total. The summed E-state index contributed by atoms with van der Waals surface area (Å²) in [6.07, 6.45) is 2.62. The van der Waals surface area contributed by atoms with Crippen LogP contribution in [0.2, 0.25) is 0 Å². The molecular weight excluding hydrogens is 186 g/mol. The molecule has 0 heterocycles. The maximum Gasteiger partial charge on any atom is 0.225 e. The number of hydrogen-bond donors (Lipinski definition) is 0. The molecule has 1 aliphatic rings. The fraction of sp³-hybridized carbons (Fsp3) is 0.923. The molecule has 0 aromatic carbocycles. The normalized spacial score (nSPS) is 18.3. The zero-order valence-electron chi connectivity index (χ0n) is 10.8. The van der Waals surface area contributed by atoms with E-state index in [1.165, 1.54) is 12.8 Å². The fourth-order valence-electron chi connectivity index (χ4n) is 1.73. The van der Waals surface area contributed by atoms with Gasteiger partial charge in [-0.15, -0.1) is 0 Å². The second-order valence-electron chi connectivity index (χ2n) is 5.57. The summed E-state index contributed by atoms with van der Waals surface area (Å²) in [7, 11) is 0. The lowest BCUT2D eigenvalue weighted by molar-refractivity contribution is -0.137. The average Bonchev–Trinajstić information content (AvgIpc) is 2.95. The molecule has 0 unspecified atom stereocenters. The Bertz CT molecular complexity index is 219. The first-order chi connectivity index (χ1) is 6.93. The summed E-state index contributed by atoms with van der Waals surface area (Å²) in [5, 5.41) is 0. The molecular formula is C13H25NO. The van der Waals surface area contributed by atoms with E-state index in [-0.39, 0.29) is 5.92 Å². The van der Waals surface area contributed by atoms with Gasteiger partial charge in [0.25, 0.3) is 0 Å². The van der Waals surface area contributed by atoms with Crippen LogP contribution in [-0.2, 0) is 4.79 Å². The van der Waals surface area contributed by atoms with E-state index in [0.717, 1.165) is 12.5 Å². The summed E-state index contributed by atoms with van der Waals surface area (Å²) in [5.41, 5.74) is 0. The molecule has 0 saturated heterocycles. The van der Waals surface area contributed by atoms with Gasteiger partial charge in [-0.3, -0.25) is 4.79 Å². The van der Waals surface area contributed by atoms with Crippen LogP contribution in [0.4, 0.5) is 0 Å². The number of carbonyl (C=O) groups is 1. The Balaban J connectivity index is 2.62. The van der Waals surface area contributed by atoms with Crippen molar-refractivity contribution in [2.24, 2.45) is 17.8 Å². The molecule has 0 aromatic heterocycles. The van der Waals surface area contributed by atoms with Crippen LogP contribution in [0.25, 0.3) is 0 Å². The molecule has 0 N–H and O–H groups in total. The Hall–Kier alpha value is -0.530. The van der Waals surface area contributed by atoms with Gasteiger partial charge >= 0.3 is 0 Å². The van der Waals surface area contributed by atoms with Gasteiger partial charge in [-0.05, 0) is 31.6 Å². The van der Waals surface area contributed by atoms with E-state index >= 15 is 0 Å². The fourth-order valence-corrected chi connectivity index (χ4v) is 1.73. The minimum absolute atomic E-state index is 0.130. The van der Waals surface area contributed by atoms with E-state index in [4.69, 9.17) is 0 Å². The molecule has 1 rings (SSSR count). The van der Waals surface area contributed by atoms with Crippen LogP contribution < -0.4 is 0 Å². The molecule has 88 valence electrons. The number of nitrogens with zero attached hydrogens (tertiary/aromatic N) is 1. The second kappa shape index (κ2) is 5.00. The predicted molar refractivity (Wildman–Crippen MR) is 63.6 cm³/mol. The Morgan fingerprint density at radius 3 is 2.07 bits per heavy atom. The minimum atomic E-state index is 0.130. The van der Waals surface area contributed by atoms with E-state index in [9.17, 15) is 4.79 Å². The van der Waals surface area contributed by atoms with E-state index in [1.807, 2.05) is 13.8 Å². The summed E-state index contributed by atoms with van der Waals surface area (Å²) in [5.74, 6) is 1.79. The van der Waals surface area contributed by atoms with Crippen molar-refractivity contribution in [2.75, 3.05) is 6.54 Å². The Kier molecular flexibility index (Phi) is 4.18. The van der Waals surface area contributed by atoms with Crippen LogP contribution in [0.3, 0.4) is 0 Å². The van der Waals surface area contributed by atoms with Crippen LogP contribution >= 0.6 is 0 Å². The van der Waals surface area contributed by atoms with Crippen molar-refractivity contribution in [1.82, 2.24) is 4.90 Å². The highest BCUT2D eigenvalue weighted by atomic mass is 16.2. The highest BCUT2D eigenvalue weighted by Gasteiger charge is 2.31. The molecule has 1 amide bonds. The summed E-state index contributed by atoms with van der Waals surface area (Å²) in [6, 6.07) is 0.375. The molecule has 0 bridgehead atoms. The molecule has 0 radical (unpaired) electrons.